The number of fused-ring (bicyclic) bond motifs is 1. The maximum atomic E-state index is 12.3. The third-order valence-corrected chi connectivity index (χ3v) is 3.44. The molecule has 3 N–H and O–H groups in total. The summed E-state index contributed by atoms with van der Waals surface area (Å²) in [5.74, 6) is -0.337. The Hall–Kier alpha value is -3.42. The first-order valence-corrected chi connectivity index (χ1v) is 7.46. The smallest absolute Gasteiger partial charge is 0.508 e. The summed E-state index contributed by atoms with van der Waals surface area (Å²) in [6, 6.07) is 14.2. The van der Waals surface area contributed by atoms with Gasteiger partial charge in [0.15, 0.2) is 0 Å². The fourth-order valence-corrected chi connectivity index (χ4v) is 2.44. The molecule has 0 spiro atoms. The largest absolute Gasteiger partial charge is 0.573 e. The Morgan fingerprint density at radius 2 is 1.73 bits per heavy atom. The normalized spacial score (nSPS) is 11.2. The van der Waals surface area contributed by atoms with E-state index in [-0.39, 0.29) is 11.4 Å². The number of nitrogens with one attached hydrogen (secondary N) is 2. The van der Waals surface area contributed by atoms with E-state index in [0.29, 0.717) is 11.1 Å². The third kappa shape index (κ3) is 4.35. The van der Waals surface area contributed by atoms with Crippen molar-refractivity contribution in [1.82, 2.24) is 0 Å². The molecule has 0 saturated carbocycles. The molecule has 26 heavy (non-hydrogen) atoms. The molecule has 0 fully saturated rings. The van der Waals surface area contributed by atoms with Crippen LogP contribution < -0.4 is 15.4 Å². The predicted molar refractivity (Wildman–Crippen MR) is 91.4 cm³/mol. The first-order chi connectivity index (χ1) is 12.3. The Labute approximate surface area is 146 Å². The van der Waals surface area contributed by atoms with Crippen molar-refractivity contribution >= 4 is 28.2 Å². The van der Waals surface area contributed by atoms with Crippen molar-refractivity contribution < 1.29 is 27.8 Å². The van der Waals surface area contributed by atoms with Crippen molar-refractivity contribution in [3.05, 3.63) is 60.7 Å². The number of hydrogen-bond acceptors (Lipinski definition) is 3. The zero-order valence-electron chi connectivity index (χ0n) is 13.2. The number of aromatic hydroxyl groups is 1. The van der Waals surface area contributed by atoms with Gasteiger partial charge in [-0.2, -0.15) is 0 Å². The average molecular weight is 362 g/mol. The molecule has 134 valence electrons. The predicted octanol–water partition coefficient (Wildman–Crippen LogP) is 5.09. The van der Waals surface area contributed by atoms with Crippen LogP contribution in [0.15, 0.2) is 60.7 Å². The molecule has 0 aliphatic heterocycles. The van der Waals surface area contributed by atoms with Gasteiger partial charge in [-0.25, -0.2) is 4.79 Å². The molecular weight excluding hydrogens is 349 g/mol. The molecule has 0 bridgehead atoms. The van der Waals surface area contributed by atoms with Gasteiger partial charge in [0.05, 0.1) is 5.69 Å². The van der Waals surface area contributed by atoms with Gasteiger partial charge < -0.3 is 20.5 Å². The van der Waals surface area contributed by atoms with E-state index < -0.39 is 18.1 Å². The lowest BCUT2D eigenvalue weighted by Crippen LogP contribution is -2.20. The molecule has 0 atom stereocenters. The van der Waals surface area contributed by atoms with Crippen LogP contribution in [0.4, 0.5) is 29.3 Å². The van der Waals surface area contributed by atoms with E-state index >= 15 is 0 Å². The van der Waals surface area contributed by atoms with Crippen molar-refractivity contribution in [2.24, 2.45) is 0 Å². The molecule has 3 aromatic rings. The summed E-state index contributed by atoms with van der Waals surface area (Å²) in [6.07, 6.45) is -4.81. The number of anilines is 2. The van der Waals surface area contributed by atoms with Gasteiger partial charge in [-0.3, -0.25) is 0 Å². The van der Waals surface area contributed by atoms with Gasteiger partial charge in [0.1, 0.15) is 11.5 Å². The van der Waals surface area contributed by atoms with E-state index in [9.17, 15) is 23.1 Å². The summed E-state index contributed by atoms with van der Waals surface area (Å²) >= 11 is 0. The lowest BCUT2D eigenvalue weighted by molar-refractivity contribution is -0.274. The number of ether oxygens (including phenoxy) is 1. The van der Waals surface area contributed by atoms with E-state index in [1.54, 1.807) is 30.3 Å². The number of carbonyl (C=O) groups excluding carboxylic acids is 1. The van der Waals surface area contributed by atoms with Crippen LogP contribution in [0.3, 0.4) is 0 Å². The van der Waals surface area contributed by atoms with E-state index in [1.807, 2.05) is 0 Å². The van der Waals surface area contributed by atoms with Gasteiger partial charge in [0.25, 0.3) is 0 Å². The van der Waals surface area contributed by atoms with Crippen LogP contribution in [0.2, 0.25) is 0 Å². The van der Waals surface area contributed by atoms with Crippen LogP contribution in [-0.4, -0.2) is 17.5 Å². The summed E-state index contributed by atoms with van der Waals surface area (Å²) in [7, 11) is 0. The zero-order chi connectivity index (χ0) is 18.7. The van der Waals surface area contributed by atoms with Crippen molar-refractivity contribution in [2.75, 3.05) is 10.6 Å². The summed E-state index contributed by atoms with van der Waals surface area (Å²) in [6.45, 7) is 0. The number of rotatable bonds is 3. The lowest BCUT2D eigenvalue weighted by atomic mass is 10.1. The van der Waals surface area contributed by atoms with E-state index in [2.05, 4.69) is 15.4 Å². The molecule has 5 nitrogen and oxygen atoms in total. The minimum atomic E-state index is -4.81. The number of alkyl halides is 3. The molecule has 0 aliphatic carbocycles. The van der Waals surface area contributed by atoms with Gasteiger partial charge in [-0.1, -0.05) is 18.2 Å². The number of hydrogen-bond donors (Lipinski definition) is 3. The number of phenols is 1. The van der Waals surface area contributed by atoms with E-state index in [1.165, 1.54) is 18.2 Å². The number of carbonyl (C=O) groups is 1. The second kappa shape index (κ2) is 6.83. The molecule has 0 radical (unpaired) electrons. The molecule has 8 heteroatoms. The first kappa shape index (κ1) is 17.4. The van der Waals surface area contributed by atoms with Crippen molar-refractivity contribution in [2.45, 2.75) is 6.36 Å². The molecule has 3 aromatic carbocycles. The Balaban J connectivity index is 1.75. The number of urea groups is 1. The summed E-state index contributed by atoms with van der Waals surface area (Å²) < 4.78 is 40.6. The number of amides is 2. The van der Waals surface area contributed by atoms with Gasteiger partial charge in [-0.15, -0.1) is 13.2 Å². The van der Waals surface area contributed by atoms with Gasteiger partial charge in [0, 0.05) is 17.1 Å². The first-order valence-electron chi connectivity index (χ1n) is 7.46. The van der Waals surface area contributed by atoms with Crippen molar-refractivity contribution in [1.29, 1.82) is 0 Å². The lowest BCUT2D eigenvalue weighted by Gasteiger charge is -2.12. The molecule has 0 aliphatic rings. The van der Waals surface area contributed by atoms with Gasteiger partial charge in [-0.05, 0) is 41.8 Å². The molecule has 0 saturated heterocycles. The third-order valence-electron chi connectivity index (χ3n) is 3.44. The molecule has 2 amide bonds. The van der Waals surface area contributed by atoms with Crippen LogP contribution in [0.5, 0.6) is 11.5 Å². The fraction of sp³-hybridized carbons (Fsp3) is 0.0556. The van der Waals surface area contributed by atoms with Crippen LogP contribution in [0.1, 0.15) is 0 Å². The topological polar surface area (TPSA) is 70.6 Å². The highest BCUT2D eigenvalue weighted by Gasteiger charge is 2.31. The minimum Gasteiger partial charge on any atom is -0.508 e. The highest BCUT2D eigenvalue weighted by molar-refractivity contribution is 6.06. The second-order valence-corrected chi connectivity index (χ2v) is 5.37. The summed E-state index contributed by atoms with van der Waals surface area (Å²) in [5.41, 5.74) is 0.629. The van der Waals surface area contributed by atoms with Crippen LogP contribution >= 0.6 is 0 Å². The van der Waals surface area contributed by atoms with Crippen LogP contribution in [-0.2, 0) is 0 Å². The highest BCUT2D eigenvalue weighted by Crippen LogP contribution is 2.27. The van der Waals surface area contributed by atoms with Crippen LogP contribution in [0.25, 0.3) is 10.8 Å². The van der Waals surface area contributed by atoms with E-state index in [4.69, 9.17) is 0 Å². The SMILES string of the molecule is O=C(Nc1cccc(OC(F)(F)F)c1)Nc1cccc2cc(O)ccc12. The number of phenolic OH excluding ortho intramolecular Hbond substituents is 1. The highest BCUT2D eigenvalue weighted by atomic mass is 19.4. The van der Waals surface area contributed by atoms with Gasteiger partial charge >= 0.3 is 12.4 Å². The average Bonchev–Trinajstić information content (AvgIpc) is 2.53. The maximum absolute atomic E-state index is 12.3. The molecule has 0 aromatic heterocycles. The monoisotopic (exact) mass is 362 g/mol. The minimum absolute atomic E-state index is 0.0978. The second-order valence-electron chi connectivity index (χ2n) is 5.37. The zero-order valence-corrected chi connectivity index (χ0v) is 13.2. The van der Waals surface area contributed by atoms with Crippen molar-refractivity contribution in [3.8, 4) is 11.5 Å². The Morgan fingerprint density at radius 3 is 2.50 bits per heavy atom. The molecule has 0 unspecified atom stereocenters. The fourth-order valence-electron chi connectivity index (χ4n) is 2.44. The van der Waals surface area contributed by atoms with E-state index in [0.717, 1.165) is 17.5 Å². The van der Waals surface area contributed by atoms with Crippen LogP contribution in [0, 0.1) is 0 Å². The summed E-state index contributed by atoms with van der Waals surface area (Å²) in [4.78, 5) is 12.2. The Kier molecular flexibility index (Phi) is 4.57. The Bertz CT molecular complexity index is 958. The number of benzene rings is 3. The quantitative estimate of drug-likeness (QED) is 0.608. The number of halogens is 3. The maximum Gasteiger partial charge on any atom is 0.573 e. The molecule has 3 rings (SSSR count). The standard InChI is InChI=1S/C18H13F3N2O3/c19-18(20,21)26-14-5-2-4-12(10-14)22-17(25)23-16-6-1-3-11-9-13(24)7-8-15(11)16/h1-10,24H,(H2,22,23,25). The molecule has 0 heterocycles. The Morgan fingerprint density at radius 1 is 0.962 bits per heavy atom. The summed E-state index contributed by atoms with van der Waals surface area (Å²) in [5, 5.41) is 16.0. The molecular formula is C18H13F3N2O3. The van der Waals surface area contributed by atoms with Gasteiger partial charge in [0.2, 0.25) is 0 Å². The van der Waals surface area contributed by atoms with Crippen molar-refractivity contribution in [3.63, 3.8) is 0 Å².